The Balaban J connectivity index is 1.76. The van der Waals surface area contributed by atoms with Crippen molar-refractivity contribution in [1.29, 1.82) is 0 Å². The van der Waals surface area contributed by atoms with Crippen LogP contribution in [0.15, 0.2) is 29.2 Å². The van der Waals surface area contributed by atoms with E-state index < -0.39 is 20.2 Å². The van der Waals surface area contributed by atoms with Gasteiger partial charge in [-0.25, -0.2) is 8.42 Å². The number of hydrogen-bond acceptors (Lipinski definition) is 4. The summed E-state index contributed by atoms with van der Waals surface area (Å²) in [7, 11) is -5.35. The summed E-state index contributed by atoms with van der Waals surface area (Å²) in [4.78, 5) is 13.0. The Morgan fingerprint density at radius 2 is 1.71 bits per heavy atom. The van der Waals surface area contributed by atoms with Crippen molar-refractivity contribution in [2.24, 2.45) is 0 Å². The molecule has 1 aromatic carbocycles. The highest BCUT2D eigenvalue weighted by Gasteiger charge is 2.46. The average Bonchev–Trinajstić information content (AvgIpc) is 3.37. The molecule has 0 atom stereocenters. The van der Waals surface area contributed by atoms with E-state index in [1.165, 1.54) is 12.1 Å². The lowest BCUT2D eigenvalue weighted by Crippen LogP contribution is -2.39. The Hall–Kier alpha value is -1.77. The molecule has 0 radical (unpaired) electrons. The Bertz CT molecular complexity index is 723. The highest BCUT2D eigenvalue weighted by Crippen LogP contribution is 2.34. The standard InChI is InChI=1S/C15H17F3N2O3S/c16-15(17,18)24(22,23)13-7-5-12(6-8-13)20(11-3-4-11)9-14(21)19-10-1-2-10/h5-8,10-11H,1-4,9H2,(H,19,21). The van der Waals surface area contributed by atoms with Crippen LogP contribution in [0.1, 0.15) is 25.7 Å². The van der Waals surface area contributed by atoms with Gasteiger partial charge in [0.05, 0.1) is 11.4 Å². The average molecular weight is 362 g/mol. The summed E-state index contributed by atoms with van der Waals surface area (Å²) in [6.07, 6.45) is 3.75. The Morgan fingerprint density at radius 1 is 1.12 bits per heavy atom. The van der Waals surface area contributed by atoms with Crippen molar-refractivity contribution >= 4 is 21.4 Å². The molecular formula is C15H17F3N2O3S. The number of amides is 1. The van der Waals surface area contributed by atoms with E-state index in [-0.39, 0.29) is 24.5 Å². The van der Waals surface area contributed by atoms with Gasteiger partial charge in [0, 0.05) is 17.8 Å². The maximum atomic E-state index is 12.6. The fraction of sp³-hybridized carbons (Fsp3) is 0.533. The zero-order chi connectivity index (χ0) is 17.5. The van der Waals surface area contributed by atoms with Gasteiger partial charge in [-0.15, -0.1) is 0 Å². The summed E-state index contributed by atoms with van der Waals surface area (Å²) in [6.45, 7) is 0.118. The smallest absolute Gasteiger partial charge is 0.359 e. The van der Waals surface area contributed by atoms with Crippen LogP contribution in [0.5, 0.6) is 0 Å². The van der Waals surface area contributed by atoms with Crippen molar-refractivity contribution in [3.8, 4) is 0 Å². The minimum absolute atomic E-state index is 0.118. The summed E-state index contributed by atoms with van der Waals surface area (Å²) in [5.74, 6) is -0.128. The monoisotopic (exact) mass is 362 g/mol. The van der Waals surface area contributed by atoms with Crippen LogP contribution in [0.3, 0.4) is 0 Å². The normalized spacial score (nSPS) is 18.3. The number of nitrogens with zero attached hydrogens (tertiary/aromatic N) is 1. The molecule has 9 heteroatoms. The number of carbonyl (C=O) groups excluding carboxylic acids is 1. The fourth-order valence-electron chi connectivity index (χ4n) is 2.42. The van der Waals surface area contributed by atoms with Crippen LogP contribution in [0.25, 0.3) is 0 Å². The van der Waals surface area contributed by atoms with E-state index in [9.17, 15) is 26.4 Å². The van der Waals surface area contributed by atoms with Gasteiger partial charge < -0.3 is 10.2 Å². The molecule has 1 amide bonds. The Morgan fingerprint density at radius 3 is 2.17 bits per heavy atom. The Labute approximate surface area is 137 Å². The molecule has 0 aliphatic heterocycles. The molecular weight excluding hydrogens is 345 g/mol. The van der Waals surface area contributed by atoms with Gasteiger partial charge in [0.15, 0.2) is 0 Å². The molecule has 0 unspecified atom stereocenters. The molecule has 1 aromatic rings. The van der Waals surface area contributed by atoms with Crippen LogP contribution in [-0.4, -0.2) is 38.5 Å². The van der Waals surface area contributed by atoms with Gasteiger partial charge in [-0.3, -0.25) is 4.79 Å². The third kappa shape index (κ3) is 3.66. The number of benzene rings is 1. The van der Waals surface area contributed by atoms with Crippen LogP contribution in [0, 0.1) is 0 Å². The van der Waals surface area contributed by atoms with Gasteiger partial charge in [0.25, 0.3) is 9.84 Å². The van der Waals surface area contributed by atoms with Gasteiger partial charge >= 0.3 is 5.51 Å². The number of alkyl halides is 3. The predicted molar refractivity (Wildman–Crippen MR) is 81.2 cm³/mol. The van der Waals surface area contributed by atoms with Crippen LogP contribution in [0.4, 0.5) is 18.9 Å². The van der Waals surface area contributed by atoms with Gasteiger partial charge in [0.2, 0.25) is 5.91 Å². The van der Waals surface area contributed by atoms with E-state index in [4.69, 9.17) is 0 Å². The lowest BCUT2D eigenvalue weighted by Gasteiger charge is -2.24. The third-order valence-corrected chi connectivity index (χ3v) is 5.53. The molecule has 132 valence electrons. The number of sulfone groups is 1. The molecule has 0 aromatic heterocycles. The lowest BCUT2D eigenvalue weighted by molar-refractivity contribution is -0.119. The number of rotatable bonds is 6. The summed E-state index contributed by atoms with van der Waals surface area (Å²) >= 11 is 0. The Kier molecular flexibility index (Phi) is 4.23. The van der Waals surface area contributed by atoms with Gasteiger partial charge in [-0.05, 0) is 49.9 Å². The molecule has 0 heterocycles. The maximum Gasteiger partial charge on any atom is 0.501 e. The van der Waals surface area contributed by atoms with Crippen molar-refractivity contribution in [2.45, 2.75) is 48.2 Å². The number of hydrogen-bond donors (Lipinski definition) is 1. The fourth-order valence-corrected chi connectivity index (χ4v) is 3.19. The number of anilines is 1. The topological polar surface area (TPSA) is 66.5 Å². The zero-order valence-corrected chi connectivity index (χ0v) is 13.5. The van der Waals surface area contributed by atoms with E-state index in [1.54, 1.807) is 0 Å². The highest BCUT2D eigenvalue weighted by atomic mass is 32.2. The maximum absolute atomic E-state index is 12.6. The minimum atomic E-state index is -5.35. The molecule has 0 saturated heterocycles. The molecule has 3 rings (SSSR count). The van der Waals surface area contributed by atoms with E-state index in [1.807, 2.05) is 4.90 Å². The van der Waals surface area contributed by atoms with E-state index >= 15 is 0 Å². The predicted octanol–water partition coefficient (Wildman–Crippen LogP) is 2.23. The van der Waals surface area contributed by atoms with E-state index in [0.717, 1.165) is 37.8 Å². The number of carbonyl (C=O) groups is 1. The molecule has 5 nitrogen and oxygen atoms in total. The molecule has 0 bridgehead atoms. The van der Waals surface area contributed by atoms with Gasteiger partial charge in [-0.2, -0.15) is 13.2 Å². The first-order chi connectivity index (χ1) is 11.2. The first kappa shape index (κ1) is 17.1. The summed E-state index contributed by atoms with van der Waals surface area (Å²) in [5.41, 5.74) is -4.78. The van der Waals surface area contributed by atoms with Crippen molar-refractivity contribution < 1.29 is 26.4 Å². The SMILES string of the molecule is O=C(CN(c1ccc(S(=O)(=O)C(F)(F)F)cc1)C1CC1)NC1CC1. The molecule has 2 saturated carbocycles. The second-order valence-electron chi connectivity index (χ2n) is 6.14. The van der Waals surface area contributed by atoms with Gasteiger partial charge in [-0.1, -0.05) is 0 Å². The third-order valence-electron chi connectivity index (χ3n) is 4.03. The molecule has 2 fully saturated rings. The molecule has 2 aliphatic carbocycles. The summed E-state index contributed by atoms with van der Waals surface area (Å²) < 4.78 is 60.5. The zero-order valence-electron chi connectivity index (χ0n) is 12.7. The van der Waals surface area contributed by atoms with Crippen molar-refractivity contribution in [2.75, 3.05) is 11.4 Å². The molecule has 24 heavy (non-hydrogen) atoms. The largest absolute Gasteiger partial charge is 0.501 e. The second-order valence-corrected chi connectivity index (χ2v) is 8.09. The number of nitrogens with one attached hydrogen (secondary N) is 1. The summed E-state index contributed by atoms with van der Waals surface area (Å²) in [6, 6.07) is 4.92. The highest BCUT2D eigenvalue weighted by molar-refractivity contribution is 7.92. The van der Waals surface area contributed by atoms with Crippen LogP contribution in [-0.2, 0) is 14.6 Å². The van der Waals surface area contributed by atoms with E-state index in [0.29, 0.717) is 5.69 Å². The second kappa shape index (κ2) is 5.94. The van der Waals surface area contributed by atoms with Crippen molar-refractivity contribution in [1.82, 2.24) is 5.32 Å². The molecule has 2 aliphatic rings. The lowest BCUT2D eigenvalue weighted by atomic mass is 10.2. The molecule has 1 N–H and O–H groups in total. The molecule has 0 spiro atoms. The number of halogens is 3. The van der Waals surface area contributed by atoms with Crippen molar-refractivity contribution in [3.63, 3.8) is 0 Å². The first-order valence-corrected chi connectivity index (χ1v) is 9.14. The minimum Gasteiger partial charge on any atom is -0.359 e. The van der Waals surface area contributed by atoms with Gasteiger partial charge in [0.1, 0.15) is 0 Å². The first-order valence-electron chi connectivity index (χ1n) is 7.66. The van der Waals surface area contributed by atoms with Crippen LogP contribution in [0.2, 0.25) is 0 Å². The quantitative estimate of drug-likeness (QED) is 0.843. The van der Waals surface area contributed by atoms with Crippen molar-refractivity contribution in [3.05, 3.63) is 24.3 Å². The van der Waals surface area contributed by atoms with E-state index in [2.05, 4.69) is 5.32 Å². The summed E-state index contributed by atoms with van der Waals surface area (Å²) in [5, 5.41) is 2.87. The van der Waals surface area contributed by atoms with Crippen LogP contribution < -0.4 is 10.2 Å². The van der Waals surface area contributed by atoms with Crippen LogP contribution >= 0.6 is 0 Å².